The summed E-state index contributed by atoms with van der Waals surface area (Å²) in [7, 11) is 1.65. The molecular formula is C28H28N2O4. The molecule has 0 atom stereocenters. The quantitative estimate of drug-likeness (QED) is 0.333. The predicted octanol–water partition coefficient (Wildman–Crippen LogP) is 5.93. The van der Waals surface area contributed by atoms with Crippen LogP contribution in [0.4, 0.5) is 0 Å². The summed E-state index contributed by atoms with van der Waals surface area (Å²) in [5, 5.41) is 3.86. The van der Waals surface area contributed by atoms with E-state index in [1.54, 1.807) is 25.6 Å². The number of aromatic nitrogens is 1. The number of nitrogens with zero attached hydrogens (tertiary/aromatic N) is 1. The van der Waals surface area contributed by atoms with Gasteiger partial charge < -0.3 is 19.2 Å². The third kappa shape index (κ3) is 4.81. The fourth-order valence-corrected chi connectivity index (χ4v) is 3.94. The Balaban J connectivity index is 1.71. The maximum Gasteiger partial charge on any atom is 0.244 e. The van der Waals surface area contributed by atoms with Gasteiger partial charge >= 0.3 is 0 Å². The summed E-state index contributed by atoms with van der Waals surface area (Å²) < 4.78 is 17.2. The number of pyridine rings is 1. The zero-order valence-electron chi connectivity index (χ0n) is 19.8. The molecule has 34 heavy (non-hydrogen) atoms. The highest BCUT2D eigenvalue weighted by Crippen LogP contribution is 2.41. The van der Waals surface area contributed by atoms with Crippen molar-refractivity contribution < 1.29 is 18.7 Å². The molecule has 0 unspecified atom stereocenters. The van der Waals surface area contributed by atoms with Crippen LogP contribution in [0.1, 0.15) is 30.7 Å². The number of amides is 1. The molecule has 0 saturated heterocycles. The Morgan fingerprint density at radius 1 is 1.18 bits per heavy atom. The van der Waals surface area contributed by atoms with Crippen LogP contribution in [0.5, 0.6) is 11.5 Å². The molecule has 0 aliphatic rings. The lowest BCUT2D eigenvalue weighted by atomic mass is 9.96. The van der Waals surface area contributed by atoms with Crippen molar-refractivity contribution in [2.75, 3.05) is 13.7 Å². The van der Waals surface area contributed by atoms with Gasteiger partial charge in [0.05, 0.1) is 32.2 Å². The molecule has 0 aliphatic heterocycles. The molecule has 2 aromatic heterocycles. The number of aryl methyl sites for hydroxylation is 1. The van der Waals surface area contributed by atoms with E-state index < -0.39 is 0 Å². The molecule has 1 amide bonds. The second-order valence-corrected chi connectivity index (χ2v) is 7.93. The van der Waals surface area contributed by atoms with Crippen molar-refractivity contribution in [2.24, 2.45) is 0 Å². The van der Waals surface area contributed by atoms with Crippen LogP contribution in [0.15, 0.2) is 71.5 Å². The van der Waals surface area contributed by atoms with Crippen LogP contribution < -0.4 is 14.8 Å². The number of methoxy groups -OCH3 is 1. The second-order valence-electron chi connectivity index (χ2n) is 7.93. The minimum Gasteiger partial charge on any atom is -0.497 e. The number of hydrogen-bond acceptors (Lipinski definition) is 5. The van der Waals surface area contributed by atoms with E-state index in [1.807, 2.05) is 69.3 Å². The van der Waals surface area contributed by atoms with Gasteiger partial charge in [0.1, 0.15) is 17.1 Å². The number of ether oxygens (including phenoxy) is 2. The SMILES string of the molecule is CCOc1c(/C(C)=C/C(=O)NCc2ccccn2)cc2c(-c3ccc(OC)cc3)coc2c1C. The maximum atomic E-state index is 12.6. The highest BCUT2D eigenvalue weighted by atomic mass is 16.5. The molecule has 0 radical (unpaired) electrons. The van der Waals surface area contributed by atoms with Crippen molar-refractivity contribution in [3.63, 3.8) is 0 Å². The summed E-state index contributed by atoms with van der Waals surface area (Å²) in [6.07, 6.45) is 5.07. The van der Waals surface area contributed by atoms with E-state index in [0.29, 0.717) is 13.2 Å². The molecule has 0 saturated carbocycles. The van der Waals surface area contributed by atoms with Crippen LogP contribution >= 0.6 is 0 Å². The largest absolute Gasteiger partial charge is 0.497 e. The number of fused-ring (bicyclic) bond motifs is 1. The normalized spacial score (nSPS) is 11.5. The van der Waals surface area contributed by atoms with Crippen LogP contribution in [-0.2, 0) is 11.3 Å². The summed E-state index contributed by atoms with van der Waals surface area (Å²) in [6, 6.07) is 15.5. The third-order valence-electron chi connectivity index (χ3n) is 5.68. The van der Waals surface area contributed by atoms with E-state index in [-0.39, 0.29) is 5.91 Å². The zero-order valence-corrected chi connectivity index (χ0v) is 19.8. The van der Waals surface area contributed by atoms with E-state index in [1.165, 1.54) is 0 Å². The van der Waals surface area contributed by atoms with Gasteiger partial charge in [-0.25, -0.2) is 0 Å². The van der Waals surface area contributed by atoms with Gasteiger partial charge in [0.2, 0.25) is 5.91 Å². The predicted molar refractivity (Wildman–Crippen MR) is 134 cm³/mol. The molecule has 6 heteroatoms. The van der Waals surface area contributed by atoms with Crippen molar-refractivity contribution in [3.05, 3.63) is 83.9 Å². The molecule has 2 aromatic carbocycles. The monoisotopic (exact) mass is 456 g/mol. The Morgan fingerprint density at radius 3 is 2.65 bits per heavy atom. The molecule has 4 rings (SSSR count). The number of allylic oxidation sites excluding steroid dienone is 1. The van der Waals surface area contributed by atoms with E-state index in [0.717, 1.165) is 56.0 Å². The molecule has 1 N–H and O–H groups in total. The van der Waals surface area contributed by atoms with E-state index >= 15 is 0 Å². The summed E-state index contributed by atoms with van der Waals surface area (Å²) >= 11 is 0. The van der Waals surface area contributed by atoms with E-state index in [2.05, 4.69) is 10.3 Å². The Hall–Kier alpha value is -4.06. The Kier molecular flexibility index (Phi) is 6.97. The lowest BCUT2D eigenvalue weighted by Crippen LogP contribution is -2.21. The smallest absolute Gasteiger partial charge is 0.244 e. The maximum absolute atomic E-state index is 12.6. The van der Waals surface area contributed by atoms with Crippen LogP contribution in [0, 0.1) is 6.92 Å². The summed E-state index contributed by atoms with van der Waals surface area (Å²) in [5.74, 6) is 1.32. The van der Waals surface area contributed by atoms with Crippen molar-refractivity contribution in [2.45, 2.75) is 27.3 Å². The number of hydrogen-bond donors (Lipinski definition) is 1. The van der Waals surface area contributed by atoms with Gasteiger partial charge in [-0.3, -0.25) is 9.78 Å². The molecule has 0 aliphatic carbocycles. The Bertz CT molecular complexity index is 1320. The number of furan rings is 1. The molecule has 6 nitrogen and oxygen atoms in total. The van der Waals surface area contributed by atoms with Gasteiger partial charge in [0.25, 0.3) is 0 Å². The molecule has 2 heterocycles. The van der Waals surface area contributed by atoms with E-state index in [4.69, 9.17) is 13.9 Å². The molecule has 0 spiro atoms. The first-order valence-electron chi connectivity index (χ1n) is 11.2. The van der Waals surface area contributed by atoms with Gasteiger partial charge in [0.15, 0.2) is 0 Å². The lowest BCUT2D eigenvalue weighted by Gasteiger charge is -2.15. The summed E-state index contributed by atoms with van der Waals surface area (Å²) in [4.78, 5) is 16.9. The minimum absolute atomic E-state index is 0.189. The standard InChI is InChI=1S/C28H28N2O4/c1-5-33-27-19(3)28-24(25(17-34-28)20-9-11-22(32-4)12-10-20)15-23(27)18(2)14-26(31)30-16-21-8-6-7-13-29-21/h6-15,17H,5,16H2,1-4H3,(H,30,31)/b18-14+. The Morgan fingerprint density at radius 2 is 1.97 bits per heavy atom. The van der Waals surface area contributed by atoms with Crippen molar-refractivity contribution in [3.8, 4) is 22.6 Å². The van der Waals surface area contributed by atoms with Gasteiger partial charge in [-0.05, 0) is 62.2 Å². The Labute approximate surface area is 199 Å². The average Bonchev–Trinajstić information content (AvgIpc) is 3.29. The molecule has 0 bridgehead atoms. The topological polar surface area (TPSA) is 73.6 Å². The van der Waals surface area contributed by atoms with E-state index in [9.17, 15) is 4.79 Å². The van der Waals surface area contributed by atoms with Crippen molar-refractivity contribution in [1.29, 1.82) is 0 Å². The second kappa shape index (κ2) is 10.3. The summed E-state index contributed by atoms with van der Waals surface area (Å²) in [5.41, 5.74) is 6.11. The number of carbonyl (C=O) groups excluding carboxylic acids is 1. The van der Waals surface area contributed by atoms with Crippen molar-refractivity contribution in [1.82, 2.24) is 10.3 Å². The number of rotatable bonds is 8. The molecule has 0 fully saturated rings. The van der Waals surface area contributed by atoms with Crippen molar-refractivity contribution >= 4 is 22.4 Å². The zero-order chi connectivity index (χ0) is 24.1. The van der Waals surface area contributed by atoms with Gasteiger partial charge in [-0.15, -0.1) is 0 Å². The fraction of sp³-hybridized carbons (Fsp3) is 0.214. The fourth-order valence-electron chi connectivity index (χ4n) is 3.94. The highest BCUT2D eigenvalue weighted by molar-refractivity contribution is 6.01. The van der Waals surface area contributed by atoms with Gasteiger partial charge in [-0.2, -0.15) is 0 Å². The molecule has 174 valence electrons. The van der Waals surface area contributed by atoms with Gasteiger partial charge in [-0.1, -0.05) is 18.2 Å². The first kappa shape index (κ1) is 23.1. The third-order valence-corrected chi connectivity index (χ3v) is 5.68. The number of benzene rings is 2. The highest BCUT2D eigenvalue weighted by Gasteiger charge is 2.19. The van der Waals surface area contributed by atoms with Crippen LogP contribution in [0.25, 0.3) is 27.7 Å². The number of nitrogens with one attached hydrogen (secondary N) is 1. The first-order chi connectivity index (χ1) is 16.5. The van der Waals surface area contributed by atoms with Crippen LogP contribution in [0.2, 0.25) is 0 Å². The minimum atomic E-state index is -0.189. The lowest BCUT2D eigenvalue weighted by molar-refractivity contribution is -0.116. The van der Waals surface area contributed by atoms with Crippen LogP contribution in [-0.4, -0.2) is 24.6 Å². The number of carbonyl (C=O) groups is 1. The van der Waals surface area contributed by atoms with Crippen LogP contribution in [0.3, 0.4) is 0 Å². The molecular weight excluding hydrogens is 428 g/mol. The van der Waals surface area contributed by atoms with Gasteiger partial charge in [0, 0.05) is 34.3 Å². The average molecular weight is 457 g/mol. The molecule has 4 aromatic rings. The summed E-state index contributed by atoms with van der Waals surface area (Å²) in [6.45, 7) is 6.70. The first-order valence-corrected chi connectivity index (χ1v) is 11.2.